The second kappa shape index (κ2) is 6.32. The molecule has 0 saturated heterocycles. The van der Waals surface area contributed by atoms with Gasteiger partial charge in [-0.2, -0.15) is 0 Å². The minimum Gasteiger partial charge on any atom is -0.348 e. The minimum atomic E-state index is -0.0449. The van der Waals surface area contributed by atoms with Crippen molar-refractivity contribution in [3.63, 3.8) is 0 Å². The normalized spacial score (nSPS) is 23.7. The lowest BCUT2D eigenvalue weighted by Gasteiger charge is -2.30. The summed E-state index contributed by atoms with van der Waals surface area (Å²) >= 11 is 3.54. The number of nitrogens with one attached hydrogen (secondary N) is 1. The average molecular weight is 311 g/mol. The number of hydrogen-bond acceptors (Lipinski definition) is 2. The van der Waals surface area contributed by atoms with E-state index in [-0.39, 0.29) is 11.9 Å². The van der Waals surface area contributed by atoms with Crippen LogP contribution in [0, 0.1) is 12.8 Å². The molecule has 1 aromatic heterocycles. The second-order valence-electron chi connectivity index (χ2n) is 4.94. The molecule has 1 fully saturated rings. The lowest BCUT2D eigenvalue weighted by atomic mass is 9.86. The maximum absolute atomic E-state index is 12.1. The average Bonchev–Trinajstić information content (AvgIpc) is 2.39. The number of pyridine rings is 1. The molecule has 98 valence electrons. The van der Waals surface area contributed by atoms with Crippen LogP contribution >= 0.6 is 15.9 Å². The van der Waals surface area contributed by atoms with Crippen LogP contribution in [0.5, 0.6) is 0 Å². The second-order valence-corrected chi connectivity index (χ2v) is 5.59. The molecule has 1 aromatic rings. The summed E-state index contributed by atoms with van der Waals surface area (Å²) < 4.78 is 0. The van der Waals surface area contributed by atoms with Crippen LogP contribution in [0.3, 0.4) is 0 Å². The highest BCUT2D eigenvalue weighted by Crippen LogP contribution is 2.26. The summed E-state index contributed by atoms with van der Waals surface area (Å²) in [6, 6.07) is 5.83. The standard InChI is InChI=1S/C14H19BrN2O/c1-10-5-4-8-13(16-10)14(18)17-12-7-3-2-6-11(12)9-15/h4-5,8,11-12H,2-3,6-7,9H2,1H3,(H,17,18). The highest BCUT2D eigenvalue weighted by Gasteiger charge is 2.26. The molecule has 0 bridgehead atoms. The Hall–Kier alpha value is -0.900. The van der Waals surface area contributed by atoms with Gasteiger partial charge in [0.1, 0.15) is 5.69 Å². The number of carbonyl (C=O) groups excluding carboxylic acids is 1. The van der Waals surface area contributed by atoms with Crippen LogP contribution in [0.25, 0.3) is 0 Å². The maximum atomic E-state index is 12.1. The van der Waals surface area contributed by atoms with E-state index in [2.05, 4.69) is 26.2 Å². The van der Waals surface area contributed by atoms with Gasteiger partial charge in [-0.1, -0.05) is 34.8 Å². The lowest BCUT2D eigenvalue weighted by molar-refractivity contribution is 0.0906. The zero-order valence-electron chi connectivity index (χ0n) is 10.7. The molecular weight excluding hydrogens is 292 g/mol. The molecule has 2 unspecified atom stereocenters. The van der Waals surface area contributed by atoms with Gasteiger partial charge in [-0.25, -0.2) is 4.98 Å². The summed E-state index contributed by atoms with van der Waals surface area (Å²) in [5.74, 6) is 0.504. The Morgan fingerprint density at radius 2 is 2.22 bits per heavy atom. The fraction of sp³-hybridized carbons (Fsp3) is 0.571. The molecule has 1 saturated carbocycles. The molecule has 18 heavy (non-hydrogen) atoms. The topological polar surface area (TPSA) is 42.0 Å². The number of aryl methyl sites for hydroxylation is 1. The molecule has 0 aliphatic heterocycles. The number of nitrogens with zero attached hydrogens (tertiary/aromatic N) is 1. The van der Waals surface area contributed by atoms with Crippen molar-refractivity contribution in [1.82, 2.24) is 10.3 Å². The molecule has 4 heteroatoms. The van der Waals surface area contributed by atoms with E-state index >= 15 is 0 Å². The fourth-order valence-corrected chi connectivity index (χ4v) is 3.27. The van der Waals surface area contributed by atoms with Crippen LogP contribution in [0.1, 0.15) is 41.9 Å². The summed E-state index contributed by atoms with van der Waals surface area (Å²) in [5.41, 5.74) is 1.40. The zero-order chi connectivity index (χ0) is 13.0. The molecule has 1 amide bonds. The Balaban J connectivity index is 2.02. The summed E-state index contributed by atoms with van der Waals surface area (Å²) in [6.45, 7) is 1.90. The van der Waals surface area contributed by atoms with Crippen molar-refractivity contribution in [3.8, 4) is 0 Å². The minimum absolute atomic E-state index is 0.0449. The van der Waals surface area contributed by atoms with Crippen LogP contribution in [-0.4, -0.2) is 22.3 Å². The summed E-state index contributed by atoms with van der Waals surface area (Å²) in [7, 11) is 0. The third-order valence-electron chi connectivity index (χ3n) is 3.54. The lowest BCUT2D eigenvalue weighted by Crippen LogP contribution is -2.43. The predicted molar refractivity (Wildman–Crippen MR) is 76.0 cm³/mol. The number of hydrogen-bond donors (Lipinski definition) is 1. The number of aromatic nitrogens is 1. The first-order chi connectivity index (χ1) is 8.70. The molecule has 2 rings (SSSR count). The van der Waals surface area contributed by atoms with Crippen LogP contribution in [0.4, 0.5) is 0 Å². The van der Waals surface area contributed by atoms with Gasteiger partial charge < -0.3 is 5.32 Å². The molecule has 1 N–H and O–H groups in total. The summed E-state index contributed by atoms with van der Waals surface area (Å²) in [5, 5.41) is 4.09. The first-order valence-electron chi connectivity index (χ1n) is 6.51. The van der Waals surface area contributed by atoms with Crippen LogP contribution in [0.2, 0.25) is 0 Å². The summed E-state index contributed by atoms with van der Waals surface area (Å²) in [6.07, 6.45) is 4.74. The Morgan fingerprint density at radius 3 is 2.94 bits per heavy atom. The number of halogens is 1. The van der Waals surface area contributed by atoms with Crippen molar-refractivity contribution in [2.24, 2.45) is 5.92 Å². The molecule has 1 heterocycles. The van der Waals surface area contributed by atoms with Gasteiger partial charge in [-0.3, -0.25) is 4.79 Å². The van der Waals surface area contributed by atoms with E-state index in [9.17, 15) is 4.79 Å². The molecular formula is C14H19BrN2O. The third kappa shape index (κ3) is 3.31. The van der Waals surface area contributed by atoms with Gasteiger partial charge in [0.15, 0.2) is 0 Å². The van der Waals surface area contributed by atoms with Crippen molar-refractivity contribution >= 4 is 21.8 Å². The van der Waals surface area contributed by atoms with Crippen LogP contribution in [0.15, 0.2) is 18.2 Å². The van der Waals surface area contributed by atoms with Gasteiger partial charge in [0.2, 0.25) is 0 Å². The number of carbonyl (C=O) groups is 1. The van der Waals surface area contributed by atoms with E-state index < -0.39 is 0 Å². The molecule has 2 atom stereocenters. The molecule has 0 radical (unpaired) electrons. The monoisotopic (exact) mass is 310 g/mol. The van der Waals surface area contributed by atoms with E-state index in [0.717, 1.165) is 17.4 Å². The van der Waals surface area contributed by atoms with E-state index in [1.54, 1.807) is 6.07 Å². The van der Waals surface area contributed by atoms with Crippen molar-refractivity contribution < 1.29 is 4.79 Å². The maximum Gasteiger partial charge on any atom is 0.270 e. The van der Waals surface area contributed by atoms with Gasteiger partial charge in [0, 0.05) is 17.1 Å². The summed E-state index contributed by atoms with van der Waals surface area (Å²) in [4.78, 5) is 16.4. The van der Waals surface area contributed by atoms with Crippen molar-refractivity contribution in [2.75, 3.05) is 5.33 Å². The van der Waals surface area contributed by atoms with Gasteiger partial charge in [0.05, 0.1) is 0 Å². The first kappa shape index (κ1) is 13.5. The molecule has 1 aliphatic rings. The third-order valence-corrected chi connectivity index (χ3v) is 4.38. The van der Waals surface area contributed by atoms with E-state index in [1.807, 2.05) is 19.1 Å². The zero-order valence-corrected chi connectivity index (χ0v) is 12.2. The predicted octanol–water partition coefficient (Wildman–Crippen LogP) is 3.07. The Morgan fingerprint density at radius 1 is 1.44 bits per heavy atom. The van der Waals surface area contributed by atoms with Crippen molar-refractivity contribution in [1.29, 1.82) is 0 Å². The molecule has 0 aromatic carbocycles. The highest BCUT2D eigenvalue weighted by molar-refractivity contribution is 9.09. The quantitative estimate of drug-likeness (QED) is 0.872. The van der Waals surface area contributed by atoms with E-state index in [4.69, 9.17) is 0 Å². The van der Waals surface area contributed by atoms with Crippen molar-refractivity contribution in [3.05, 3.63) is 29.6 Å². The van der Waals surface area contributed by atoms with E-state index in [0.29, 0.717) is 11.6 Å². The number of amides is 1. The van der Waals surface area contributed by atoms with Gasteiger partial charge in [-0.05, 0) is 37.8 Å². The Labute approximate surface area is 117 Å². The number of alkyl halides is 1. The number of rotatable bonds is 3. The van der Waals surface area contributed by atoms with Crippen molar-refractivity contribution in [2.45, 2.75) is 38.6 Å². The van der Waals surface area contributed by atoms with E-state index in [1.165, 1.54) is 19.3 Å². The smallest absolute Gasteiger partial charge is 0.270 e. The first-order valence-corrected chi connectivity index (χ1v) is 7.63. The Kier molecular flexibility index (Phi) is 4.75. The van der Waals surface area contributed by atoms with Gasteiger partial charge in [-0.15, -0.1) is 0 Å². The molecule has 3 nitrogen and oxygen atoms in total. The van der Waals surface area contributed by atoms with Gasteiger partial charge in [0.25, 0.3) is 5.91 Å². The largest absolute Gasteiger partial charge is 0.348 e. The molecule has 1 aliphatic carbocycles. The van der Waals surface area contributed by atoms with Crippen LogP contribution < -0.4 is 5.32 Å². The van der Waals surface area contributed by atoms with Crippen LogP contribution in [-0.2, 0) is 0 Å². The SMILES string of the molecule is Cc1cccc(C(=O)NC2CCCCC2CBr)n1. The Bertz CT molecular complexity index is 422. The fourth-order valence-electron chi connectivity index (χ4n) is 2.49. The van der Waals surface area contributed by atoms with Gasteiger partial charge >= 0.3 is 0 Å². The molecule has 0 spiro atoms. The highest BCUT2D eigenvalue weighted by atomic mass is 79.9.